The molecule has 0 amide bonds. The van der Waals surface area contributed by atoms with Crippen molar-refractivity contribution < 1.29 is 27.1 Å². The minimum absolute atomic E-state index is 0.152. The number of aromatic nitrogens is 6. The Bertz CT molecular complexity index is 1270. The van der Waals surface area contributed by atoms with E-state index >= 15 is 0 Å². The summed E-state index contributed by atoms with van der Waals surface area (Å²) in [5, 5.41) is 8.43. The molecule has 4 rings (SSSR count). The van der Waals surface area contributed by atoms with E-state index in [1.165, 1.54) is 0 Å². The molecule has 4 aromatic rings. The summed E-state index contributed by atoms with van der Waals surface area (Å²) in [6, 6.07) is 19.5. The topological polar surface area (TPSA) is 117 Å². The highest BCUT2D eigenvalue weighted by molar-refractivity contribution is 8.08. The van der Waals surface area contributed by atoms with Crippen molar-refractivity contribution >= 4 is 37.1 Å². The van der Waals surface area contributed by atoms with Crippen molar-refractivity contribution in [2.45, 2.75) is 27.7 Å². The fourth-order valence-electron chi connectivity index (χ4n) is 3.00. The van der Waals surface area contributed by atoms with Crippen LogP contribution in [0.15, 0.2) is 73.3 Å². The van der Waals surface area contributed by atoms with E-state index in [1.807, 2.05) is 88.4 Å². The van der Waals surface area contributed by atoms with Crippen molar-refractivity contribution in [2.24, 2.45) is 0 Å². The Kier molecular flexibility index (Phi) is 12.8. The van der Waals surface area contributed by atoms with Crippen LogP contribution in [0.4, 0.5) is 0 Å². The molecule has 0 saturated heterocycles. The molecule has 16 heteroatoms. The molecule has 2 heterocycles. The van der Waals surface area contributed by atoms with E-state index in [-0.39, 0.29) is 12.0 Å². The highest BCUT2D eigenvalue weighted by atomic mass is 32.5. The van der Waals surface area contributed by atoms with Crippen molar-refractivity contribution in [1.29, 1.82) is 0 Å². The molecule has 0 N–H and O–H groups in total. The largest absolute Gasteiger partial charge is 0.388 e. The number of nitrogens with zero attached hydrogens (tertiary/aromatic N) is 6. The lowest BCUT2D eigenvalue weighted by Crippen LogP contribution is -2.03. The van der Waals surface area contributed by atoms with E-state index < -0.39 is 13.4 Å². The van der Waals surface area contributed by atoms with Gasteiger partial charge in [0.25, 0.3) is 0 Å². The van der Waals surface area contributed by atoms with Gasteiger partial charge >= 0.3 is 25.5 Å². The number of benzene rings is 2. The average molecular weight is 627 g/mol. The molecule has 2 aromatic heterocycles. The van der Waals surface area contributed by atoms with Gasteiger partial charge in [0.05, 0.1) is 37.8 Å². The highest BCUT2D eigenvalue weighted by Gasteiger charge is 2.24. The summed E-state index contributed by atoms with van der Waals surface area (Å²) in [5.74, 6) is 0. The Labute approximate surface area is 244 Å². The second kappa shape index (κ2) is 16.0. The van der Waals surface area contributed by atoms with Gasteiger partial charge in [-0.2, -0.15) is 9.97 Å². The summed E-state index contributed by atoms with van der Waals surface area (Å²) in [6.07, 6.45) is 3.12. The van der Waals surface area contributed by atoms with Crippen LogP contribution in [-0.2, 0) is 41.7 Å². The first-order chi connectivity index (χ1) is 19.3. The van der Waals surface area contributed by atoms with Crippen molar-refractivity contribution in [3.05, 3.63) is 73.3 Å². The standard InChI is InChI=1S/2C12H16N3O3PS/c2*1-3-16-19(20,17-4-2)18-12-13-10-15(14-12)11-8-6-5-7-9-11/h2*5-10H,3-4H2,1-2H3. The second-order valence-electron chi connectivity index (χ2n) is 7.36. The lowest BCUT2D eigenvalue weighted by atomic mass is 10.3. The van der Waals surface area contributed by atoms with Crippen LogP contribution < -0.4 is 9.05 Å². The van der Waals surface area contributed by atoms with Gasteiger partial charge < -0.3 is 9.05 Å². The van der Waals surface area contributed by atoms with Crippen LogP contribution in [0, 0.1) is 0 Å². The normalized spacial score (nSPS) is 11.5. The van der Waals surface area contributed by atoms with Gasteiger partial charge in [-0.05, 0) is 52.0 Å². The van der Waals surface area contributed by atoms with Gasteiger partial charge in [-0.25, -0.2) is 9.36 Å². The van der Waals surface area contributed by atoms with Crippen molar-refractivity contribution in [3.63, 3.8) is 0 Å². The number of rotatable bonds is 14. The van der Waals surface area contributed by atoms with Gasteiger partial charge in [0, 0.05) is 23.6 Å². The summed E-state index contributed by atoms with van der Waals surface area (Å²) in [4.78, 5) is 8.15. The Morgan fingerprint density at radius 2 is 0.900 bits per heavy atom. The predicted octanol–water partition coefficient (Wildman–Crippen LogP) is 5.89. The molecule has 0 radical (unpaired) electrons. The quantitative estimate of drug-likeness (QED) is 0.155. The van der Waals surface area contributed by atoms with Crippen LogP contribution in [0.5, 0.6) is 12.0 Å². The van der Waals surface area contributed by atoms with Crippen molar-refractivity contribution in [2.75, 3.05) is 26.4 Å². The van der Waals surface area contributed by atoms with E-state index in [1.54, 1.807) is 22.0 Å². The molecule has 40 heavy (non-hydrogen) atoms. The molecule has 0 unspecified atom stereocenters. The van der Waals surface area contributed by atoms with Gasteiger partial charge in [-0.1, -0.05) is 36.4 Å². The number of hydrogen-bond donors (Lipinski definition) is 0. The first kappa shape index (κ1) is 32.0. The van der Waals surface area contributed by atoms with Gasteiger partial charge in [0.1, 0.15) is 12.7 Å². The van der Waals surface area contributed by atoms with E-state index in [9.17, 15) is 0 Å². The zero-order valence-electron chi connectivity index (χ0n) is 22.6. The molecular formula is C24H32N6O6P2S2. The van der Waals surface area contributed by atoms with Crippen molar-refractivity contribution in [1.82, 2.24) is 29.5 Å². The maximum atomic E-state index is 5.52. The zero-order chi connectivity index (χ0) is 28.8. The SMILES string of the molecule is CCOP(=S)(OCC)Oc1ncn(-c2ccccc2)n1.CCOP(=S)(OCC)Oc1ncn(-c2ccccc2)n1. The zero-order valence-corrected chi connectivity index (χ0v) is 26.0. The van der Waals surface area contributed by atoms with E-state index in [4.69, 9.17) is 50.8 Å². The molecule has 0 aliphatic heterocycles. The third kappa shape index (κ3) is 9.83. The molecule has 0 spiro atoms. The maximum absolute atomic E-state index is 5.52. The van der Waals surface area contributed by atoms with Crippen LogP contribution in [0.25, 0.3) is 11.4 Å². The molecular weight excluding hydrogens is 594 g/mol. The molecule has 216 valence electrons. The number of para-hydroxylation sites is 2. The third-order valence-electron chi connectivity index (χ3n) is 4.52. The maximum Gasteiger partial charge on any atom is 0.382 e. The molecule has 0 bridgehead atoms. The average Bonchev–Trinajstić information content (AvgIpc) is 3.60. The third-order valence-corrected chi connectivity index (χ3v) is 9.30. The van der Waals surface area contributed by atoms with Crippen molar-refractivity contribution in [3.8, 4) is 23.4 Å². The van der Waals surface area contributed by atoms with Crippen LogP contribution >= 0.6 is 13.4 Å². The molecule has 0 saturated carbocycles. The van der Waals surface area contributed by atoms with Crippen LogP contribution in [-0.4, -0.2) is 56.0 Å². The predicted molar refractivity (Wildman–Crippen MR) is 159 cm³/mol. The van der Waals surface area contributed by atoms with Crippen LogP contribution in [0.2, 0.25) is 0 Å². The lowest BCUT2D eigenvalue weighted by molar-refractivity contribution is 0.213. The molecule has 0 aliphatic rings. The van der Waals surface area contributed by atoms with Gasteiger partial charge in [-0.3, -0.25) is 18.1 Å². The lowest BCUT2D eigenvalue weighted by Gasteiger charge is -2.18. The Morgan fingerprint density at radius 1 is 0.575 bits per heavy atom. The molecule has 12 nitrogen and oxygen atoms in total. The summed E-state index contributed by atoms with van der Waals surface area (Å²) in [6.45, 7) is 3.34. The minimum atomic E-state index is -2.82. The Balaban J connectivity index is 0.000000220. The van der Waals surface area contributed by atoms with Gasteiger partial charge in [0.15, 0.2) is 0 Å². The Morgan fingerprint density at radius 3 is 1.20 bits per heavy atom. The summed E-state index contributed by atoms with van der Waals surface area (Å²) < 4.78 is 35.8. The Hall–Kier alpha value is -2.54. The molecule has 2 aromatic carbocycles. The molecule has 0 fully saturated rings. The first-order valence-corrected chi connectivity index (χ1v) is 17.6. The van der Waals surface area contributed by atoms with Gasteiger partial charge in [-0.15, -0.1) is 10.2 Å². The second-order valence-corrected chi connectivity index (χ2v) is 13.2. The smallest absolute Gasteiger partial charge is 0.382 e. The molecule has 0 atom stereocenters. The fourth-order valence-corrected chi connectivity index (χ4v) is 6.86. The molecule has 0 aliphatic carbocycles. The van der Waals surface area contributed by atoms with Crippen LogP contribution in [0.1, 0.15) is 27.7 Å². The highest BCUT2D eigenvalue weighted by Crippen LogP contribution is 2.49. The summed E-state index contributed by atoms with van der Waals surface area (Å²) in [7, 11) is 0. The van der Waals surface area contributed by atoms with E-state index in [0.29, 0.717) is 26.4 Å². The monoisotopic (exact) mass is 626 g/mol. The van der Waals surface area contributed by atoms with Crippen LogP contribution in [0.3, 0.4) is 0 Å². The van der Waals surface area contributed by atoms with E-state index in [0.717, 1.165) is 11.4 Å². The van der Waals surface area contributed by atoms with Gasteiger partial charge in [0.2, 0.25) is 0 Å². The summed E-state index contributed by atoms with van der Waals surface area (Å²) in [5.41, 5.74) is 1.77. The number of hydrogen-bond acceptors (Lipinski definition) is 12. The summed E-state index contributed by atoms with van der Waals surface area (Å²) >= 11 is 10.5. The van der Waals surface area contributed by atoms with E-state index in [2.05, 4.69) is 20.2 Å². The fraction of sp³-hybridized carbons (Fsp3) is 0.333. The first-order valence-electron chi connectivity index (χ1n) is 12.4. The minimum Gasteiger partial charge on any atom is -0.388 e.